The molecule has 0 amide bonds. The van der Waals surface area contributed by atoms with Gasteiger partial charge in [-0.25, -0.2) is 4.39 Å². The summed E-state index contributed by atoms with van der Waals surface area (Å²) in [6.45, 7) is 1.60. The Balaban J connectivity index is 1.53. The molecule has 0 N–H and O–H groups in total. The van der Waals surface area contributed by atoms with E-state index in [0.717, 1.165) is 52.1 Å². The average Bonchev–Trinajstić information content (AvgIpc) is 3.27. The van der Waals surface area contributed by atoms with Gasteiger partial charge in [0.2, 0.25) is 0 Å². The molecule has 5 rings (SSSR count). The zero-order chi connectivity index (χ0) is 17.0. The SMILES string of the molecule is Cn1cc2cc(-c3cc4cn(C5CCOCC5)nc4s3)cc(F)c2n1. The largest absolute Gasteiger partial charge is 0.381 e. The van der Waals surface area contributed by atoms with E-state index in [1.165, 1.54) is 0 Å². The van der Waals surface area contributed by atoms with Crippen molar-refractivity contribution < 1.29 is 9.13 Å². The van der Waals surface area contributed by atoms with Crippen LogP contribution in [0.1, 0.15) is 18.9 Å². The van der Waals surface area contributed by atoms with E-state index >= 15 is 0 Å². The Morgan fingerprint density at radius 2 is 1.96 bits per heavy atom. The first kappa shape index (κ1) is 15.0. The maximum Gasteiger partial charge on any atom is 0.151 e. The molecule has 4 heterocycles. The van der Waals surface area contributed by atoms with Crippen LogP contribution in [0, 0.1) is 5.82 Å². The van der Waals surface area contributed by atoms with Gasteiger partial charge >= 0.3 is 0 Å². The summed E-state index contributed by atoms with van der Waals surface area (Å²) in [6, 6.07) is 6.07. The molecule has 25 heavy (non-hydrogen) atoms. The molecule has 5 nitrogen and oxygen atoms in total. The van der Waals surface area contributed by atoms with Crippen LogP contribution >= 0.6 is 11.3 Å². The number of hydrogen-bond donors (Lipinski definition) is 0. The number of ether oxygens (including phenoxy) is 1. The molecular weight excluding hydrogens is 339 g/mol. The number of halogens is 1. The van der Waals surface area contributed by atoms with Crippen molar-refractivity contribution in [1.29, 1.82) is 0 Å². The first-order valence-corrected chi connectivity index (χ1v) is 9.19. The zero-order valence-electron chi connectivity index (χ0n) is 13.8. The molecule has 3 aromatic heterocycles. The van der Waals surface area contributed by atoms with Crippen LogP contribution in [-0.2, 0) is 11.8 Å². The van der Waals surface area contributed by atoms with Crippen LogP contribution < -0.4 is 0 Å². The molecule has 1 saturated heterocycles. The summed E-state index contributed by atoms with van der Waals surface area (Å²) >= 11 is 1.60. The van der Waals surface area contributed by atoms with Crippen molar-refractivity contribution in [2.24, 2.45) is 7.05 Å². The van der Waals surface area contributed by atoms with Crippen molar-refractivity contribution in [1.82, 2.24) is 19.6 Å². The Morgan fingerprint density at radius 1 is 1.12 bits per heavy atom. The van der Waals surface area contributed by atoms with Crippen LogP contribution in [0.2, 0.25) is 0 Å². The number of aromatic nitrogens is 4. The summed E-state index contributed by atoms with van der Waals surface area (Å²) in [7, 11) is 1.80. The number of aryl methyl sites for hydroxylation is 1. The van der Waals surface area contributed by atoms with Crippen LogP contribution in [0.5, 0.6) is 0 Å². The number of benzene rings is 1. The lowest BCUT2D eigenvalue weighted by Gasteiger charge is -2.22. The molecule has 0 unspecified atom stereocenters. The number of thiophene rings is 1. The Labute approximate surface area is 147 Å². The summed E-state index contributed by atoms with van der Waals surface area (Å²) in [4.78, 5) is 2.02. The number of fused-ring (bicyclic) bond motifs is 2. The lowest BCUT2D eigenvalue weighted by Crippen LogP contribution is -2.19. The Hall–Kier alpha value is -2.25. The second kappa shape index (κ2) is 5.64. The van der Waals surface area contributed by atoms with E-state index in [2.05, 4.69) is 22.0 Å². The monoisotopic (exact) mass is 356 g/mol. The molecule has 0 saturated carbocycles. The zero-order valence-corrected chi connectivity index (χ0v) is 14.6. The molecule has 0 radical (unpaired) electrons. The van der Waals surface area contributed by atoms with Crippen LogP contribution in [0.3, 0.4) is 0 Å². The molecular formula is C18H17FN4OS. The third-order valence-electron chi connectivity index (χ3n) is 4.74. The molecule has 4 aromatic rings. The number of hydrogen-bond acceptors (Lipinski definition) is 4. The quantitative estimate of drug-likeness (QED) is 0.542. The van der Waals surface area contributed by atoms with Crippen molar-refractivity contribution in [3.05, 3.63) is 36.4 Å². The first-order valence-electron chi connectivity index (χ1n) is 8.37. The fraction of sp³-hybridized carbons (Fsp3) is 0.333. The minimum atomic E-state index is -0.286. The van der Waals surface area contributed by atoms with Crippen molar-refractivity contribution >= 4 is 32.5 Å². The standard InChI is InChI=1S/C18H17FN4OS/c1-22-9-12-6-11(7-15(19)17(12)20-22)16-8-13-10-23(21-18(13)25-16)14-2-4-24-5-3-14/h6-10,14H,2-5H2,1H3. The maximum absolute atomic E-state index is 14.3. The third kappa shape index (κ3) is 2.54. The van der Waals surface area contributed by atoms with Crippen molar-refractivity contribution in [3.8, 4) is 10.4 Å². The summed E-state index contributed by atoms with van der Waals surface area (Å²) in [5.74, 6) is -0.286. The first-order chi connectivity index (χ1) is 12.2. The van der Waals surface area contributed by atoms with Gasteiger partial charge in [-0.3, -0.25) is 9.36 Å². The average molecular weight is 356 g/mol. The maximum atomic E-state index is 14.3. The van der Waals surface area contributed by atoms with E-state index in [1.54, 1.807) is 29.1 Å². The highest BCUT2D eigenvalue weighted by Gasteiger charge is 2.18. The molecule has 0 aliphatic carbocycles. The topological polar surface area (TPSA) is 44.9 Å². The van der Waals surface area contributed by atoms with E-state index in [9.17, 15) is 4.39 Å². The smallest absolute Gasteiger partial charge is 0.151 e. The number of rotatable bonds is 2. The molecule has 1 aromatic carbocycles. The molecule has 1 aliphatic heterocycles. The summed E-state index contributed by atoms with van der Waals surface area (Å²) in [6.07, 6.45) is 5.95. The molecule has 1 aliphatic rings. The normalized spacial score (nSPS) is 16.2. The van der Waals surface area contributed by atoms with Crippen LogP contribution in [0.4, 0.5) is 4.39 Å². The molecule has 0 bridgehead atoms. The van der Waals surface area contributed by atoms with E-state index in [0.29, 0.717) is 11.6 Å². The van der Waals surface area contributed by atoms with Gasteiger partial charge in [0, 0.05) is 48.3 Å². The van der Waals surface area contributed by atoms with Gasteiger partial charge in [-0.05, 0) is 36.6 Å². The lowest BCUT2D eigenvalue weighted by molar-refractivity contribution is 0.0664. The molecule has 1 fully saturated rings. The Morgan fingerprint density at radius 3 is 2.76 bits per heavy atom. The molecule has 0 spiro atoms. The van der Waals surface area contributed by atoms with E-state index in [4.69, 9.17) is 9.84 Å². The molecule has 0 atom stereocenters. The fourth-order valence-electron chi connectivity index (χ4n) is 3.48. The van der Waals surface area contributed by atoms with Gasteiger partial charge in [-0.1, -0.05) is 0 Å². The van der Waals surface area contributed by atoms with Crippen molar-refractivity contribution in [2.75, 3.05) is 13.2 Å². The predicted molar refractivity (Wildman–Crippen MR) is 96.4 cm³/mol. The highest BCUT2D eigenvalue weighted by Crippen LogP contribution is 2.36. The van der Waals surface area contributed by atoms with Gasteiger partial charge in [-0.15, -0.1) is 11.3 Å². The second-order valence-corrected chi connectivity index (χ2v) is 7.55. The Bertz CT molecular complexity index is 1040. The second-order valence-electron chi connectivity index (χ2n) is 6.52. The Kier molecular flexibility index (Phi) is 3.39. The number of nitrogens with zero attached hydrogens (tertiary/aromatic N) is 4. The van der Waals surface area contributed by atoms with Gasteiger partial charge < -0.3 is 4.74 Å². The van der Waals surface area contributed by atoms with Crippen molar-refractivity contribution in [2.45, 2.75) is 18.9 Å². The molecule has 7 heteroatoms. The van der Waals surface area contributed by atoms with E-state index in [-0.39, 0.29) is 5.82 Å². The summed E-state index contributed by atoms with van der Waals surface area (Å²) in [5, 5.41) is 10.8. The fourth-order valence-corrected chi connectivity index (χ4v) is 4.47. The minimum Gasteiger partial charge on any atom is -0.381 e. The van der Waals surface area contributed by atoms with Crippen LogP contribution in [0.15, 0.2) is 30.6 Å². The predicted octanol–water partition coefficient (Wildman–Crippen LogP) is 4.14. The summed E-state index contributed by atoms with van der Waals surface area (Å²) < 4.78 is 23.5. The molecule has 128 valence electrons. The lowest BCUT2D eigenvalue weighted by atomic mass is 10.1. The summed E-state index contributed by atoms with van der Waals surface area (Å²) in [5.41, 5.74) is 1.29. The van der Waals surface area contributed by atoms with E-state index in [1.807, 2.05) is 12.3 Å². The van der Waals surface area contributed by atoms with Gasteiger partial charge in [0.05, 0.1) is 6.04 Å². The highest BCUT2D eigenvalue weighted by molar-refractivity contribution is 7.21. The van der Waals surface area contributed by atoms with Crippen LogP contribution in [-0.4, -0.2) is 32.8 Å². The third-order valence-corrected chi connectivity index (χ3v) is 5.83. The highest BCUT2D eigenvalue weighted by atomic mass is 32.1. The van der Waals surface area contributed by atoms with Gasteiger partial charge in [0.1, 0.15) is 10.3 Å². The van der Waals surface area contributed by atoms with E-state index < -0.39 is 0 Å². The van der Waals surface area contributed by atoms with Gasteiger partial charge in [0.25, 0.3) is 0 Å². The van der Waals surface area contributed by atoms with Crippen LogP contribution in [0.25, 0.3) is 31.6 Å². The minimum absolute atomic E-state index is 0.286. The van der Waals surface area contributed by atoms with Crippen molar-refractivity contribution in [3.63, 3.8) is 0 Å². The van der Waals surface area contributed by atoms with Gasteiger partial charge in [-0.2, -0.15) is 10.2 Å². The van der Waals surface area contributed by atoms with Gasteiger partial charge in [0.15, 0.2) is 5.82 Å².